The van der Waals surface area contributed by atoms with Crippen LogP contribution in [-0.2, 0) is 23.1 Å². The van der Waals surface area contributed by atoms with Crippen LogP contribution in [0.1, 0.15) is 37.7 Å². The Balaban J connectivity index is 1.57. The minimum Gasteiger partial charge on any atom is -0.379 e. The zero-order chi connectivity index (χ0) is 15.6. The van der Waals surface area contributed by atoms with E-state index in [1.807, 2.05) is 0 Å². The smallest absolute Gasteiger partial charge is 0.0594 e. The summed E-state index contributed by atoms with van der Waals surface area (Å²) in [6, 6.07) is 4.51. The Morgan fingerprint density at radius 2 is 1.77 bits per heavy atom. The molecule has 0 aromatic carbocycles. The van der Waals surface area contributed by atoms with Crippen molar-refractivity contribution in [1.29, 1.82) is 0 Å². The van der Waals surface area contributed by atoms with Gasteiger partial charge in [-0.1, -0.05) is 26.8 Å². The molecule has 0 aliphatic carbocycles. The van der Waals surface area contributed by atoms with Crippen LogP contribution in [0.2, 0.25) is 0 Å². The molecule has 0 N–H and O–H groups in total. The molecule has 0 radical (unpaired) electrons. The Morgan fingerprint density at radius 1 is 1.05 bits per heavy atom. The third-order valence-corrected chi connectivity index (χ3v) is 4.73. The fraction of sp³-hybridized carbons (Fsp3) is 0.722. The van der Waals surface area contributed by atoms with Gasteiger partial charge in [-0.2, -0.15) is 0 Å². The molecular formula is C18H29N3O. The summed E-state index contributed by atoms with van der Waals surface area (Å²) in [5.41, 5.74) is 4.09. The fourth-order valence-electron chi connectivity index (χ4n) is 3.19. The van der Waals surface area contributed by atoms with Crippen molar-refractivity contribution in [2.24, 2.45) is 0 Å². The van der Waals surface area contributed by atoms with Gasteiger partial charge < -0.3 is 4.74 Å². The van der Waals surface area contributed by atoms with E-state index in [0.29, 0.717) is 0 Å². The molecule has 2 aliphatic heterocycles. The Hall–Kier alpha value is -0.970. The lowest BCUT2D eigenvalue weighted by Gasteiger charge is -2.32. The SMILES string of the molecule is CC(C)(C)c1ccc2c(n1)CCN(CCN1CCOCC1)C2. The molecule has 1 fully saturated rings. The van der Waals surface area contributed by atoms with Crippen molar-refractivity contribution in [3.63, 3.8) is 0 Å². The molecule has 122 valence electrons. The quantitative estimate of drug-likeness (QED) is 0.855. The van der Waals surface area contributed by atoms with Crippen LogP contribution in [0.25, 0.3) is 0 Å². The molecule has 0 saturated carbocycles. The van der Waals surface area contributed by atoms with Crippen molar-refractivity contribution in [1.82, 2.24) is 14.8 Å². The van der Waals surface area contributed by atoms with Gasteiger partial charge in [0.25, 0.3) is 0 Å². The summed E-state index contributed by atoms with van der Waals surface area (Å²) in [4.78, 5) is 9.99. The number of hydrogen-bond donors (Lipinski definition) is 0. The van der Waals surface area contributed by atoms with Crippen molar-refractivity contribution in [3.8, 4) is 0 Å². The van der Waals surface area contributed by atoms with Crippen LogP contribution in [0.4, 0.5) is 0 Å². The van der Waals surface area contributed by atoms with Crippen LogP contribution >= 0.6 is 0 Å². The first kappa shape index (κ1) is 15.9. The van der Waals surface area contributed by atoms with E-state index < -0.39 is 0 Å². The largest absolute Gasteiger partial charge is 0.379 e. The lowest BCUT2D eigenvalue weighted by atomic mass is 9.90. The summed E-state index contributed by atoms with van der Waals surface area (Å²) in [5.74, 6) is 0. The standard InChI is InChI=1S/C18H29N3O/c1-18(2,3)17-5-4-15-14-21(7-6-16(15)19-17)9-8-20-10-12-22-13-11-20/h4-5H,6-14H2,1-3H3. The first-order valence-corrected chi connectivity index (χ1v) is 8.54. The van der Waals surface area contributed by atoms with Crippen LogP contribution < -0.4 is 0 Å². The van der Waals surface area contributed by atoms with Gasteiger partial charge in [-0.05, 0) is 11.6 Å². The number of hydrogen-bond acceptors (Lipinski definition) is 4. The highest BCUT2D eigenvalue weighted by atomic mass is 16.5. The Kier molecular flexibility index (Phi) is 4.81. The van der Waals surface area contributed by atoms with Crippen LogP contribution in [0.3, 0.4) is 0 Å². The van der Waals surface area contributed by atoms with E-state index in [-0.39, 0.29) is 5.41 Å². The Morgan fingerprint density at radius 3 is 2.50 bits per heavy atom. The van der Waals surface area contributed by atoms with E-state index in [2.05, 4.69) is 42.7 Å². The van der Waals surface area contributed by atoms with E-state index >= 15 is 0 Å². The number of rotatable bonds is 3. The van der Waals surface area contributed by atoms with Gasteiger partial charge in [0.2, 0.25) is 0 Å². The predicted molar refractivity (Wildman–Crippen MR) is 89.2 cm³/mol. The van der Waals surface area contributed by atoms with Gasteiger partial charge in [0.15, 0.2) is 0 Å². The number of nitrogens with zero attached hydrogens (tertiary/aromatic N) is 3. The first-order valence-electron chi connectivity index (χ1n) is 8.54. The summed E-state index contributed by atoms with van der Waals surface area (Å²) < 4.78 is 5.41. The highest BCUT2D eigenvalue weighted by Gasteiger charge is 2.22. The van der Waals surface area contributed by atoms with Gasteiger partial charge in [0, 0.05) is 62.5 Å². The van der Waals surface area contributed by atoms with E-state index in [9.17, 15) is 0 Å². The van der Waals surface area contributed by atoms with Crippen molar-refractivity contribution in [3.05, 3.63) is 29.1 Å². The van der Waals surface area contributed by atoms with Crippen molar-refractivity contribution >= 4 is 0 Å². The monoisotopic (exact) mass is 303 g/mol. The molecule has 2 aliphatic rings. The summed E-state index contributed by atoms with van der Waals surface area (Å²) in [6.07, 6.45) is 1.09. The zero-order valence-electron chi connectivity index (χ0n) is 14.3. The van der Waals surface area contributed by atoms with E-state index in [1.54, 1.807) is 0 Å². The highest BCUT2D eigenvalue weighted by molar-refractivity contribution is 5.28. The molecule has 4 heteroatoms. The molecule has 1 aromatic heterocycles. The zero-order valence-corrected chi connectivity index (χ0v) is 14.3. The summed E-state index contributed by atoms with van der Waals surface area (Å²) in [7, 11) is 0. The molecule has 1 aromatic rings. The number of morpholine rings is 1. The Bertz CT molecular complexity index is 504. The van der Waals surface area contributed by atoms with Crippen LogP contribution in [0.15, 0.2) is 12.1 Å². The molecule has 0 bridgehead atoms. The molecule has 3 heterocycles. The van der Waals surface area contributed by atoms with Crippen LogP contribution in [0.5, 0.6) is 0 Å². The Labute approximate surface area is 134 Å². The fourth-order valence-corrected chi connectivity index (χ4v) is 3.19. The first-order chi connectivity index (χ1) is 10.5. The van der Waals surface area contributed by atoms with Crippen LogP contribution in [0, 0.1) is 0 Å². The minimum absolute atomic E-state index is 0.141. The third kappa shape index (κ3) is 3.86. The van der Waals surface area contributed by atoms with Gasteiger partial charge in [0.1, 0.15) is 0 Å². The maximum Gasteiger partial charge on any atom is 0.0594 e. The molecule has 1 saturated heterocycles. The number of ether oxygens (including phenoxy) is 1. The van der Waals surface area contributed by atoms with Gasteiger partial charge in [0.05, 0.1) is 13.2 Å². The summed E-state index contributed by atoms with van der Waals surface area (Å²) >= 11 is 0. The normalized spacial score (nSPS) is 20.9. The summed E-state index contributed by atoms with van der Waals surface area (Å²) in [6.45, 7) is 15.2. The highest BCUT2D eigenvalue weighted by Crippen LogP contribution is 2.24. The van der Waals surface area contributed by atoms with Gasteiger partial charge in [-0.25, -0.2) is 0 Å². The molecule has 22 heavy (non-hydrogen) atoms. The molecule has 4 nitrogen and oxygen atoms in total. The molecule has 0 unspecified atom stereocenters. The van der Waals surface area contributed by atoms with E-state index in [0.717, 1.165) is 58.9 Å². The number of aromatic nitrogens is 1. The molecule has 0 amide bonds. The topological polar surface area (TPSA) is 28.6 Å². The second-order valence-electron chi connectivity index (χ2n) is 7.53. The van der Waals surface area contributed by atoms with Crippen LogP contribution in [-0.4, -0.2) is 60.7 Å². The van der Waals surface area contributed by atoms with Gasteiger partial charge >= 0.3 is 0 Å². The molecule has 3 rings (SSSR count). The second kappa shape index (κ2) is 6.65. The lowest BCUT2D eigenvalue weighted by Crippen LogP contribution is -2.42. The van der Waals surface area contributed by atoms with Crippen molar-refractivity contribution < 1.29 is 4.74 Å². The third-order valence-electron chi connectivity index (χ3n) is 4.73. The number of pyridine rings is 1. The van der Waals surface area contributed by atoms with E-state index in [4.69, 9.17) is 9.72 Å². The lowest BCUT2D eigenvalue weighted by molar-refractivity contribution is 0.0326. The molecule has 0 atom stereocenters. The van der Waals surface area contributed by atoms with Crippen molar-refractivity contribution in [2.45, 2.75) is 39.2 Å². The average molecular weight is 303 g/mol. The number of fused-ring (bicyclic) bond motifs is 1. The molecule has 0 spiro atoms. The van der Waals surface area contributed by atoms with Gasteiger partial charge in [-0.3, -0.25) is 14.8 Å². The van der Waals surface area contributed by atoms with Crippen molar-refractivity contribution in [2.75, 3.05) is 45.9 Å². The minimum atomic E-state index is 0.141. The average Bonchev–Trinajstić information content (AvgIpc) is 2.52. The maximum absolute atomic E-state index is 5.41. The maximum atomic E-state index is 5.41. The van der Waals surface area contributed by atoms with E-state index in [1.165, 1.54) is 17.0 Å². The second-order valence-corrected chi connectivity index (χ2v) is 7.53. The summed E-state index contributed by atoms with van der Waals surface area (Å²) in [5, 5.41) is 0. The molecular weight excluding hydrogens is 274 g/mol. The van der Waals surface area contributed by atoms with Gasteiger partial charge in [-0.15, -0.1) is 0 Å². The predicted octanol–water partition coefficient (Wildman–Crippen LogP) is 2.07.